The summed E-state index contributed by atoms with van der Waals surface area (Å²) in [6.07, 6.45) is 0.193. The quantitative estimate of drug-likeness (QED) is 0.422. The molecule has 11 nitrogen and oxygen atoms in total. The van der Waals surface area contributed by atoms with Gasteiger partial charge in [0.1, 0.15) is 24.6 Å². The number of rotatable bonds is 5. The van der Waals surface area contributed by atoms with Crippen molar-refractivity contribution in [1.82, 2.24) is 19.5 Å². The Morgan fingerprint density at radius 2 is 2.00 bits per heavy atom. The molecule has 0 spiro atoms. The average molecular weight is 378 g/mol. The van der Waals surface area contributed by atoms with Crippen molar-refractivity contribution in [2.24, 2.45) is 5.73 Å². The Hall–Kier alpha value is -2.34. The van der Waals surface area contributed by atoms with Gasteiger partial charge in [-0.15, -0.1) is 0 Å². The third kappa shape index (κ3) is 3.12. The van der Waals surface area contributed by atoms with Gasteiger partial charge < -0.3 is 31.1 Å². The number of nitrogens with zero attached hydrogens (tertiary/aromatic N) is 4. The largest absolute Gasteiger partial charge is 0.387 e. The molecule has 4 rings (SSSR count). The van der Waals surface area contributed by atoms with Gasteiger partial charge in [0, 0.05) is 6.04 Å². The number of primary amides is 1. The monoisotopic (exact) mass is 378 g/mol. The zero-order valence-electron chi connectivity index (χ0n) is 14.5. The van der Waals surface area contributed by atoms with E-state index in [0.717, 1.165) is 12.8 Å². The van der Waals surface area contributed by atoms with Crippen LogP contribution in [-0.2, 0) is 9.53 Å². The average Bonchev–Trinajstić information content (AvgIpc) is 3.36. The van der Waals surface area contributed by atoms with Crippen LogP contribution in [0.3, 0.4) is 0 Å². The number of nitrogens with two attached hydrogens (primary N) is 1. The predicted molar refractivity (Wildman–Crippen MR) is 92.3 cm³/mol. The summed E-state index contributed by atoms with van der Waals surface area (Å²) in [5, 5.41) is 33.7. The van der Waals surface area contributed by atoms with E-state index in [1.165, 1.54) is 30.1 Å². The number of nitrogens with one attached hydrogen (secondary N) is 1. The number of aliphatic hydroxyl groups is 3. The Bertz CT molecular complexity index is 838. The van der Waals surface area contributed by atoms with E-state index in [9.17, 15) is 20.1 Å². The lowest BCUT2D eigenvalue weighted by atomic mass is 10.1. The van der Waals surface area contributed by atoms with Gasteiger partial charge in [-0.3, -0.25) is 9.36 Å². The summed E-state index contributed by atoms with van der Waals surface area (Å²) in [5.41, 5.74) is 5.97. The molecule has 2 aliphatic rings. The number of hydrogen-bond donors (Lipinski definition) is 5. The van der Waals surface area contributed by atoms with E-state index in [4.69, 9.17) is 10.5 Å². The Labute approximate surface area is 154 Å². The zero-order chi connectivity index (χ0) is 19.1. The van der Waals surface area contributed by atoms with Crippen LogP contribution < -0.4 is 11.1 Å². The van der Waals surface area contributed by atoms with Crippen LogP contribution in [0.5, 0.6) is 0 Å². The van der Waals surface area contributed by atoms with Crippen molar-refractivity contribution in [3.05, 3.63) is 12.7 Å². The van der Waals surface area contributed by atoms with Gasteiger partial charge in [-0.05, 0) is 12.8 Å². The maximum Gasteiger partial charge on any atom is 0.249 e. The van der Waals surface area contributed by atoms with Gasteiger partial charge in [-0.1, -0.05) is 12.8 Å². The number of carbonyl (C=O) groups excluding carboxylic acids is 1. The van der Waals surface area contributed by atoms with Crippen LogP contribution >= 0.6 is 0 Å². The van der Waals surface area contributed by atoms with Crippen molar-refractivity contribution in [2.45, 2.75) is 62.4 Å². The van der Waals surface area contributed by atoms with Gasteiger partial charge in [-0.25, -0.2) is 15.0 Å². The molecule has 1 aliphatic carbocycles. The molecule has 0 aromatic carbocycles. The second-order valence-electron chi connectivity index (χ2n) is 6.99. The molecule has 1 saturated heterocycles. The SMILES string of the molecule is NC(=O)C(O)[C@H]1O[C@@H](n2cnc3c(NC4CCCC4)ncnc32)[C@H](O)[C@@H]1O. The Kier molecular flexibility index (Phi) is 4.68. The first-order chi connectivity index (χ1) is 13.0. The van der Waals surface area contributed by atoms with Crippen molar-refractivity contribution in [2.75, 3.05) is 5.32 Å². The standard InChI is InChI=1S/C16H22N6O5/c17-13(26)11(25)12-9(23)10(24)16(27-12)22-6-20-8-14(18-5-19-15(8)22)21-7-3-1-2-4-7/h5-7,9-12,16,23-25H,1-4H2,(H2,17,26)(H,18,19,21)/t9-,10+,11?,12-,16+/m0/s1. The molecule has 5 atom stereocenters. The lowest BCUT2D eigenvalue weighted by Gasteiger charge is -2.18. The number of anilines is 1. The minimum Gasteiger partial charge on any atom is -0.387 e. The highest BCUT2D eigenvalue weighted by Crippen LogP contribution is 2.34. The molecule has 0 radical (unpaired) electrons. The summed E-state index contributed by atoms with van der Waals surface area (Å²) in [7, 11) is 0. The molecule has 1 saturated carbocycles. The van der Waals surface area contributed by atoms with E-state index < -0.39 is 36.6 Å². The van der Waals surface area contributed by atoms with E-state index >= 15 is 0 Å². The number of imidazole rings is 1. The summed E-state index contributed by atoms with van der Waals surface area (Å²) in [4.78, 5) is 24.0. The minimum absolute atomic E-state index is 0.332. The molecular weight excluding hydrogens is 356 g/mol. The molecule has 2 fully saturated rings. The Balaban J connectivity index is 1.63. The normalized spacial score (nSPS) is 30.0. The molecule has 0 bridgehead atoms. The molecule has 2 aromatic rings. The van der Waals surface area contributed by atoms with Gasteiger partial charge >= 0.3 is 0 Å². The van der Waals surface area contributed by atoms with Gasteiger partial charge in [0.05, 0.1) is 6.33 Å². The van der Waals surface area contributed by atoms with Crippen molar-refractivity contribution >= 4 is 22.9 Å². The summed E-state index contributed by atoms with van der Waals surface area (Å²) in [6.45, 7) is 0. The van der Waals surface area contributed by atoms with E-state index in [0.29, 0.717) is 23.0 Å². The zero-order valence-corrected chi connectivity index (χ0v) is 14.5. The fourth-order valence-corrected chi connectivity index (χ4v) is 3.75. The topological polar surface area (TPSA) is 169 Å². The molecule has 3 heterocycles. The molecule has 6 N–H and O–H groups in total. The molecule has 1 amide bonds. The highest BCUT2D eigenvalue weighted by molar-refractivity contribution is 5.83. The number of hydrogen-bond acceptors (Lipinski definition) is 9. The van der Waals surface area contributed by atoms with E-state index in [2.05, 4.69) is 20.3 Å². The summed E-state index contributed by atoms with van der Waals surface area (Å²) >= 11 is 0. The lowest BCUT2D eigenvalue weighted by molar-refractivity contribution is -0.140. The Morgan fingerprint density at radius 3 is 2.70 bits per heavy atom. The lowest BCUT2D eigenvalue weighted by Crippen LogP contribution is -2.45. The van der Waals surface area contributed by atoms with Crippen molar-refractivity contribution in [1.29, 1.82) is 0 Å². The van der Waals surface area contributed by atoms with Crippen LogP contribution in [0.1, 0.15) is 31.9 Å². The van der Waals surface area contributed by atoms with Gasteiger partial charge in [-0.2, -0.15) is 0 Å². The third-order valence-corrected chi connectivity index (χ3v) is 5.21. The number of ether oxygens (including phenoxy) is 1. The number of carbonyl (C=O) groups is 1. The summed E-state index contributed by atoms with van der Waals surface area (Å²) in [6, 6.07) is 0.332. The highest BCUT2D eigenvalue weighted by Gasteiger charge is 2.48. The first-order valence-electron chi connectivity index (χ1n) is 8.90. The summed E-state index contributed by atoms with van der Waals surface area (Å²) in [5.74, 6) is -0.458. The maximum atomic E-state index is 11.2. The molecule has 1 unspecified atom stereocenters. The first-order valence-corrected chi connectivity index (χ1v) is 8.90. The minimum atomic E-state index is -1.75. The highest BCUT2D eigenvalue weighted by atomic mass is 16.6. The number of aromatic nitrogens is 4. The molecular formula is C16H22N6O5. The van der Waals surface area contributed by atoms with Crippen LogP contribution in [0.25, 0.3) is 11.2 Å². The van der Waals surface area contributed by atoms with Gasteiger partial charge in [0.25, 0.3) is 0 Å². The number of fused-ring (bicyclic) bond motifs is 1. The van der Waals surface area contributed by atoms with E-state index in [-0.39, 0.29) is 0 Å². The van der Waals surface area contributed by atoms with Crippen molar-refractivity contribution in [3.8, 4) is 0 Å². The van der Waals surface area contributed by atoms with Gasteiger partial charge in [0.15, 0.2) is 29.3 Å². The first kappa shape index (κ1) is 18.0. The smallest absolute Gasteiger partial charge is 0.249 e. The number of amides is 1. The Morgan fingerprint density at radius 1 is 1.26 bits per heavy atom. The molecule has 2 aromatic heterocycles. The molecule has 146 valence electrons. The van der Waals surface area contributed by atoms with E-state index in [1.54, 1.807) is 0 Å². The van der Waals surface area contributed by atoms with Crippen LogP contribution in [0, 0.1) is 0 Å². The second kappa shape index (κ2) is 7.00. The fraction of sp³-hybridized carbons (Fsp3) is 0.625. The fourth-order valence-electron chi connectivity index (χ4n) is 3.75. The summed E-state index contributed by atoms with van der Waals surface area (Å²) < 4.78 is 6.97. The molecule has 27 heavy (non-hydrogen) atoms. The molecule has 11 heteroatoms. The van der Waals surface area contributed by atoms with Gasteiger partial charge in [0.2, 0.25) is 5.91 Å². The van der Waals surface area contributed by atoms with Crippen molar-refractivity contribution < 1.29 is 24.9 Å². The van der Waals surface area contributed by atoms with Crippen LogP contribution in [0.15, 0.2) is 12.7 Å². The maximum absolute atomic E-state index is 11.2. The van der Waals surface area contributed by atoms with Crippen LogP contribution in [0.4, 0.5) is 5.82 Å². The van der Waals surface area contributed by atoms with E-state index in [1.807, 2.05) is 0 Å². The predicted octanol–water partition coefficient (Wildman–Crippen LogP) is -1.35. The van der Waals surface area contributed by atoms with Crippen LogP contribution in [-0.4, -0.2) is 71.2 Å². The third-order valence-electron chi connectivity index (χ3n) is 5.21. The van der Waals surface area contributed by atoms with Crippen molar-refractivity contribution in [3.63, 3.8) is 0 Å². The van der Waals surface area contributed by atoms with Crippen LogP contribution in [0.2, 0.25) is 0 Å². The number of aliphatic hydroxyl groups excluding tert-OH is 3. The second-order valence-corrected chi connectivity index (χ2v) is 6.99. The molecule has 1 aliphatic heterocycles.